The predicted molar refractivity (Wildman–Crippen MR) is 220 cm³/mol. The standard InChI is InChI=1S/C51H34O/c1-51(2)44-27-26-34(30-43(44)49-35-16-4-3-13-31(35)25-28-45(49)51)48-40-20-7-5-18-38(40)47(39-19-6-8-21-41(39)48)33-15-11-14-32(29-33)36-22-12-23-42-37-17-9-10-24-46(37)52-50(36)42/h3-30H,1-2H3. The minimum Gasteiger partial charge on any atom is -0.455 e. The summed E-state index contributed by atoms with van der Waals surface area (Å²) in [5.41, 5.74) is 14.5. The van der Waals surface area contributed by atoms with Gasteiger partial charge in [0.2, 0.25) is 0 Å². The van der Waals surface area contributed by atoms with Crippen molar-refractivity contribution in [2.45, 2.75) is 19.3 Å². The van der Waals surface area contributed by atoms with Crippen LogP contribution >= 0.6 is 0 Å². The molecule has 1 aromatic heterocycles. The van der Waals surface area contributed by atoms with E-state index in [1.165, 1.54) is 76.8 Å². The number of hydrogen-bond donors (Lipinski definition) is 0. The van der Waals surface area contributed by atoms with E-state index < -0.39 is 0 Å². The van der Waals surface area contributed by atoms with Crippen LogP contribution in [0.3, 0.4) is 0 Å². The summed E-state index contributed by atoms with van der Waals surface area (Å²) in [5.74, 6) is 0. The maximum Gasteiger partial charge on any atom is 0.143 e. The van der Waals surface area contributed by atoms with E-state index in [-0.39, 0.29) is 5.41 Å². The van der Waals surface area contributed by atoms with Crippen molar-refractivity contribution in [1.29, 1.82) is 0 Å². The van der Waals surface area contributed by atoms with Gasteiger partial charge in [-0.15, -0.1) is 0 Å². The van der Waals surface area contributed by atoms with Crippen LogP contribution in [0.15, 0.2) is 174 Å². The van der Waals surface area contributed by atoms with Gasteiger partial charge in [0.15, 0.2) is 0 Å². The molecule has 1 heterocycles. The number of fused-ring (bicyclic) bond motifs is 10. The van der Waals surface area contributed by atoms with Gasteiger partial charge < -0.3 is 4.42 Å². The van der Waals surface area contributed by atoms with E-state index >= 15 is 0 Å². The molecule has 0 radical (unpaired) electrons. The molecular weight excluding hydrogens is 629 g/mol. The highest BCUT2D eigenvalue weighted by Crippen LogP contribution is 2.53. The molecule has 0 aliphatic heterocycles. The summed E-state index contributed by atoms with van der Waals surface area (Å²) in [5, 5.41) is 9.93. The van der Waals surface area contributed by atoms with Crippen LogP contribution in [-0.2, 0) is 5.41 Å². The Labute approximate surface area is 302 Å². The molecule has 0 saturated carbocycles. The van der Waals surface area contributed by atoms with Crippen LogP contribution in [0.5, 0.6) is 0 Å². The monoisotopic (exact) mass is 662 g/mol. The van der Waals surface area contributed by atoms with Crippen molar-refractivity contribution in [3.05, 3.63) is 181 Å². The zero-order valence-electron chi connectivity index (χ0n) is 29.1. The van der Waals surface area contributed by atoms with Crippen molar-refractivity contribution in [2.24, 2.45) is 0 Å². The highest BCUT2D eigenvalue weighted by Gasteiger charge is 2.36. The first kappa shape index (κ1) is 29.3. The van der Waals surface area contributed by atoms with Crippen molar-refractivity contribution in [1.82, 2.24) is 0 Å². The van der Waals surface area contributed by atoms with Crippen LogP contribution in [0.2, 0.25) is 0 Å². The first-order valence-corrected chi connectivity index (χ1v) is 18.2. The molecule has 0 bridgehead atoms. The number of rotatable bonds is 3. The molecule has 0 N–H and O–H groups in total. The molecule has 0 atom stereocenters. The maximum absolute atomic E-state index is 6.48. The quantitative estimate of drug-likeness (QED) is 0.172. The zero-order valence-corrected chi connectivity index (χ0v) is 29.1. The summed E-state index contributed by atoms with van der Waals surface area (Å²) in [7, 11) is 0. The molecule has 0 saturated heterocycles. The Hall–Kier alpha value is -6.44. The molecule has 11 rings (SSSR count). The fraction of sp³-hybridized carbons (Fsp3) is 0.0588. The second-order valence-electron chi connectivity index (χ2n) is 14.8. The Kier molecular flexibility index (Phi) is 6.08. The molecule has 1 aliphatic carbocycles. The first-order chi connectivity index (χ1) is 25.6. The molecule has 0 spiro atoms. The minimum absolute atomic E-state index is 0.0705. The van der Waals surface area contributed by atoms with E-state index in [1.54, 1.807) is 0 Å². The predicted octanol–water partition coefficient (Wildman–Crippen LogP) is 14.4. The van der Waals surface area contributed by atoms with Gasteiger partial charge in [-0.05, 0) is 101 Å². The van der Waals surface area contributed by atoms with E-state index in [0.717, 1.165) is 33.1 Å². The molecule has 52 heavy (non-hydrogen) atoms. The summed E-state index contributed by atoms with van der Waals surface area (Å²) in [6, 6.07) is 62.4. The number of benzene rings is 9. The molecule has 1 nitrogen and oxygen atoms in total. The third-order valence-corrected chi connectivity index (χ3v) is 11.7. The van der Waals surface area contributed by atoms with Crippen molar-refractivity contribution >= 4 is 54.3 Å². The van der Waals surface area contributed by atoms with Gasteiger partial charge in [0, 0.05) is 21.8 Å². The van der Waals surface area contributed by atoms with Crippen LogP contribution in [-0.4, -0.2) is 0 Å². The first-order valence-electron chi connectivity index (χ1n) is 18.2. The third kappa shape index (κ3) is 4.05. The summed E-state index contributed by atoms with van der Waals surface area (Å²) < 4.78 is 6.48. The van der Waals surface area contributed by atoms with E-state index in [2.05, 4.69) is 178 Å². The van der Waals surface area contributed by atoms with Crippen LogP contribution in [0.4, 0.5) is 0 Å². The van der Waals surface area contributed by atoms with E-state index in [4.69, 9.17) is 4.42 Å². The second kappa shape index (κ2) is 10.8. The summed E-state index contributed by atoms with van der Waals surface area (Å²) >= 11 is 0. The third-order valence-electron chi connectivity index (χ3n) is 11.7. The average molecular weight is 663 g/mol. The van der Waals surface area contributed by atoms with Gasteiger partial charge in [-0.25, -0.2) is 0 Å². The highest BCUT2D eigenvalue weighted by atomic mass is 16.3. The molecule has 0 amide bonds. The fourth-order valence-corrected chi connectivity index (χ4v) is 9.25. The Morgan fingerprint density at radius 1 is 0.365 bits per heavy atom. The normalized spacial score (nSPS) is 13.3. The van der Waals surface area contributed by atoms with Gasteiger partial charge >= 0.3 is 0 Å². The SMILES string of the molecule is CC1(C)c2ccc(-c3c4ccccc4c(-c4cccc(-c5cccc6c5oc5ccccc56)c4)c4ccccc34)cc2-c2c1ccc1ccccc21. The summed E-state index contributed by atoms with van der Waals surface area (Å²) in [4.78, 5) is 0. The lowest BCUT2D eigenvalue weighted by Gasteiger charge is -2.22. The smallest absolute Gasteiger partial charge is 0.143 e. The van der Waals surface area contributed by atoms with E-state index in [1.807, 2.05) is 6.07 Å². The largest absolute Gasteiger partial charge is 0.455 e. The van der Waals surface area contributed by atoms with Crippen LogP contribution in [0.25, 0.3) is 98.8 Å². The van der Waals surface area contributed by atoms with Crippen molar-refractivity contribution in [3.8, 4) is 44.5 Å². The molecule has 244 valence electrons. The Morgan fingerprint density at radius 2 is 0.923 bits per heavy atom. The summed E-state index contributed by atoms with van der Waals surface area (Å²) in [6.45, 7) is 4.74. The van der Waals surface area contributed by atoms with Crippen LogP contribution in [0, 0.1) is 0 Å². The molecule has 0 unspecified atom stereocenters. The van der Waals surface area contributed by atoms with E-state index in [9.17, 15) is 0 Å². The van der Waals surface area contributed by atoms with Gasteiger partial charge in [-0.2, -0.15) is 0 Å². The zero-order chi connectivity index (χ0) is 34.6. The molecule has 9 aromatic carbocycles. The van der Waals surface area contributed by atoms with Gasteiger partial charge in [-0.1, -0.05) is 166 Å². The van der Waals surface area contributed by atoms with Gasteiger partial charge in [0.1, 0.15) is 11.2 Å². The molecule has 10 aromatic rings. The van der Waals surface area contributed by atoms with E-state index in [0.29, 0.717) is 0 Å². The maximum atomic E-state index is 6.48. The average Bonchev–Trinajstić information content (AvgIpc) is 3.68. The lowest BCUT2D eigenvalue weighted by Crippen LogP contribution is -2.14. The van der Waals surface area contributed by atoms with Gasteiger partial charge in [0.25, 0.3) is 0 Å². The summed E-state index contributed by atoms with van der Waals surface area (Å²) in [6.07, 6.45) is 0. The number of furan rings is 1. The van der Waals surface area contributed by atoms with Crippen molar-refractivity contribution < 1.29 is 4.42 Å². The second-order valence-corrected chi connectivity index (χ2v) is 14.8. The van der Waals surface area contributed by atoms with Gasteiger partial charge in [0.05, 0.1) is 0 Å². The topological polar surface area (TPSA) is 13.1 Å². The van der Waals surface area contributed by atoms with Gasteiger partial charge in [-0.3, -0.25) is 0 Å². The molecule has 1 heteroatoms. The Balaban J connectivity index is 1.15. The molecular formula is C51H34O. The lowest BCUT2D eigenvalue weighted by molar-refractivity contribution is 0.661. The number of hydrogen-bond acceptors (Lipinski definition) is 1. The Bertz CT molecular complexity index is 3040. The van der Waals surface area contributed by atoms with Crippen molar-refractivity contribution in [2.75, 3.05) is 0 Å². The Morgan fingerprint density at radius 3 is 1.65 bits per heavy atom. The van der Waals surface area contributed by atoms with Crippen molar-refractivity contribution in [3.63, 3.8) is 0 Å². The minimum atomic E-state index is -0.0705. The molecule has 0 fully saturated rings. The van der Waals surface area contributed by atoms with Crippen LogP contribution in [0.1, 0.15) is 25.0 Å². The van der Waals surface area contributed by atoms with Crippen LogP contribution < -0.4 is 0 Å². The fourth-order valence-electron chi connectivity index (χ4n) is 9.25. The lowest BCUT2D eigenvalue weighted by atomic mass is 9.81. The number of para-hydroxylation sites is 2. The molecule has 1 aliphatic rings. The highest BCUT2D eigenvalue weighted by molar-refractivity contribution is 6.22.